The number of benzene rings is 1. The third kappa shape index (κ3) is 2.34. The highest BCUT2D eigenvalue weighted by molar-refractivity contribution is 8.15. The molecule has 0 radical (unpaired) electrons. The van der Waals surface area contributed by atoms with Crippen molar-refractivity contribution in [2.75, 3.05) is 11.9 Å². The Hall–Kier alpha value is -1.49. The molecular weight excluding hydrogens is 258 g/mol. The standard InChI is InChI=1S/C14H17N3OS/c1-14(2)12(16-17-13(18)19-14)10-5-6-11-9(8-10)4-3-7-15-11/h5-6,8,15H,3-4,7H2,1-2H3,(H,17,18). The summed E-state index contributed by atoms with van der Waals surface area (Å²) in [5.74, 6) is 0. The van der Waals surface area contributed by atoms with Crippen LogP contribution in [0.25, 0.3) is 0 Å². The van der Waals surface area contributed by atoms with E-state index in [2.05, 4.69) is 34.0 Å². The second-order valence-corrected chi connectivity index (χ2v) is 6.97. The zero-order valence-corrected chi connectivity index (χ0v) is 11.9. The van der Waals surface area contributed by atoms with Crippen molar-refractivity contribution in [1.82, 2.24) is 5.43 Å². The second-order valence-electron chi connectivity index (χ2n) is 5.37. The van der Waals surface area contributed by atoms with E-state index in [-0.39, 0.29) is 9.99 Å². The Morgan fingerprint density at radius 2 is 2.21 bits per heavy atom. The monoisotopic (exact) mass is 275 g/mol. The molecule has 0 aliphatic carbocycles. The maximum absolute atomic E-state index is 11.4. The number of amides is 1. The van der Waals surface area contributed by atoms with Crippen LogP contribution in [0, 0.1) is 0 Å². The summed E-state index contributed by atoms with van der Waals surface area (Å²) in [6.07, 6.45) is 2.27. The minimum Gasteiger partial charge on any atom is -0.385 e. The van der Waals surface area contributed by atoms with Crippen LogP contribution in [0.5, 0.6) is 0 Å². The number of nitrogens with one attached hydrogen (secondary N) is 2. The van der Waals surface area contributed by atoms with E-state index >= 15 is 0 Å². The van der Waals surface area contributed by atoms with Crippen molar-refractivity contribution in [2.24, 2.45) is 5.10 Å². The molecule has 2 aliphatic rings. The van der Waals surface area contributed by atoms with Crippen molar-refractivity contribution in [2.45, 2.75) is 31.4 Å². The smallest absolute Gasteiger partial charge is 0.300 e. The molecule has 1 amide bonds. The largest absolute Gasteiger partial charge is 0.385 e. The number of hydrogen-bond donors (Lipinski definition) is 2. The average molecular weight is 275 g/mol. The van der Waals surface area contributed by atoms with Gasteiger partial charge in [0.05, 0.1) is 10.5 Å². The van der Waals surface area contributed by atoms with E-state index in [9.17, 15) is 4.79 Å². The molecule has 0 saturated heterocycles. The number of aryl methyl sites for hydroxylation is 1. The van der Waals surface area contributed by atoms with Gasteiger partial charge in [0, 0.05) is 12.2 Å². The first-order valence-corrected chi connectivity index (χ1v) is 7.32. The van der Waals surface area contributed by atoms with Crippen LogP contribution < -0.4 is 10.7 Å². The van der Waals surface area contributed by atoms with E-state index in [0.717, 1.165) is 30.7 Å². The van der Waals surface area contributed by atoms with Crippen molar-refractivity contribution >= 4 is 28.4 Å². The van der Waals surface area contributed by atoms with Crippen LogP contribution in [0.2, 0.25) is 0 Å². The quantitative estimate of drug-likeness (QED) is 0.828. The van der Waals surface area contributed by atoms with Gasteiger partial charge in [-0.05, 0) is 49.9 Å². The first kappa shape index (κ1) is 12.5. The van der Waals surface area contributed by atoms with E-state index in [4.69, 9.17) is 0 Å². The highest BCUT2D eigenvalue weighted by Gasteiger charge is 2.34. The zero-order chi connectivity index (χ0) is 13.5. The molecular formula is C14H17N3OS. The topological polar surface area (TPSA) is 53.5 Å². The lowest BCUT2D eigenvalue weighted by Crippen LogP contribution is -2.38. The van der Waals surface area contributed by atoms with Crippen LogP contribution in [0.4, 0.5) is 10.5 Å². The molecule has 2 N–H and O–H groups in total. The summed E-state index contributed by atoms with van der Waals surface area (Å²) in [5.41, 5.74) is 7.16. The normalized spacial score (nSPS) is 20.9. The molecule has 0 spiro atoms. The Morgan fingerprint density at radius 1 is 1.37 bits per heavy atom. The third-order valence-corrected chi connectivity index (χ3v) is 4.47. The van der Waals surface area contributed by atoms with Gasteiger partial charge in [0.25, 0.3) is 5.24 Å². The van der Waals surface area contributed by atoms with Crippen LogP contribution in [-0.2, 0) is 6.42 Å². The molecule has 1 aromatic rings. The highest BCUT2D eigenvalue weighted by Crippen LogP contribution is 2.33. The van der Waals surface area contributed by atoms with Gasteiger partial charge < -0.3 is 5.32 Å². The predicted molar refractivity (Wildman–Crippen MR) is 80.0 cm³/mol. The zero-order valence-electron chi connectivity index (χ0n) is 11.1. The number of thioether (sulfide) groups is 1. The SMILES string of the molecule is CC1(C)SC(=O)NN=C1c1ccc2c(c1)CCCN2. The van der Waals surface area contributed by atoms with Crippen molar-refractivity contribution in [3.05, 3.63) is 29.3 Å². The molecule has 5 heteroatoms. The fraction of sp³-hybridized carbons (Fsp3) is 0.429. The fourth-order valence-electron chi connectivity index (χ4n) is 2.57. The molecule has 4 nitrogen and oxygen atoms in total. The van der Waals surface area contributed by atoms with Gasteiger partial charge in [0.1, 0.15) is 0 Å². The minimum atomic E-state index is -0.293. The number of fused-ring (bicyclic) bond motifs is 1. The summed E-state index contributed by atoms with van der Waals surface area (Å²) in [7, 11) is 0. The fourth-order valence-corrected chi connectivity index (χ4v) is 3.39. The number of nitrogens with zero attached hydrogens (tertiary/aromatic N) is 1. The van der Waals surface area contributed by atoms with Gasteiger partial charge in [0.2, 0.25) is 0 Å². The van der Waals surface area contributed by atoms with Gasteiger partial charge in [-0.3, -0.25) is 4.79 Å². The van der Waals surface area contributed by atoms with Crippen molar-refractivity contribution in [3.8, 4) is 0 Å². The molecule has 0 aromatic heterocycles. The first-order valence-electron chi connectivity index (χ1n) is 6.50. The summed E-state index contributed by atoms with van der Waals surface area (Å²) in [6.45, 7) is 5.12. The van der Waals surface area contributed by atoms with Gasteiger partial charge in [-0.25, -0.2) is 5.43 Å². The van der Waals surface area contributed by atoms with Crippen molar-refractivity contribution in [3.63, 3.8) is 0 Å². The number of carbonyl (C=O) groups excluding carboxylic acids is 1. The summed E-state index contributed by atoms with van der Waals surface area (Å²) in [5, 5.41) is 7.57. The Balaban J connectivity index is 2.00. The van der Waals surface area contributed by atoms with Crippen LogP contribution in [0.3, 0.4) is 0 Å². The Morgan fingerprint density at radius 3 is 3.00 bits per heavy atom. The highest BCUT2D eigenvalue weighted by atomic mass is 32.2. The van der Waals surface area contributed by atoms with Gasteiger partial charge in [-0.1, -0.05) is 17.8 Å². The summed E-state index contributed by atoms with van der Waals surface area (Å²) < 4.78 is -0.293. The van der Waals surface area contributed by atoms with Gasteiger partial charge in [-0.15, -0.1) is 0 Å². The number of rotatable bonds is 1. The molecule has 0 bridgehead atoms. The third-order valence-electron chi connectivity index (χ3n) is 3.49. The summed E-state index contributed by atoms with van der Waals surface area (Å²) in [6, 6.07) is 6.39. The molecule has 0 fully saturated rings. The van der Waals surface area contributed by atoms with E-state index in [0.29, 0.717) is 0 Å². The van der Waals surface area contributed by atoms with Crippen LogP contribution in [0.15, 0.2) is 23.3 Å². The number of hydrogen-bond acceptors (Lipinski definition) is 4. The Kier molecular flexibility index (Phi) is 3.01. The van der Waals surface area contributed by atoms with Crippen LogP contribution >= 0.6 is 11.8 Å². The van der Waals surface area contributed by atoms with E-state index < -0.39 is 0 Å². The average Bonchev–Trinajstić information content (AvgIpc) is 2.37. The van der Waals surface area contributed by atoms with E-state index in [1.54, 1.807) is 0 Å². The number of anilines is 1. The lowest BCUT2D eigenvalue weighted by atomic mass is 9.94. The molecule has 2 aliphatic heterocycles. The van der Waals surface area contributed by atoms with Gasteiger partial charge in [-0.2, -0.15) is 5.10 Å². The maximum atomic E-state index is 11.4. The second kappa shape index (κ2) is 4.56. The first-order chi connectivity index (χ1) is 9.06. The van der Waals surface area contributed by atoms with E-state index in [1.807, 2.05) is 13.8 Å². The molecule has 0 unspecified atom stereocenters. The lowest BCUT2D eigenvalue weighted by molar-refractivity contribution is 0.260. The summed E-state index contributed by atoms with van der Waals surface area (Å²) in [4.78, 5) is 11.4. The molecule has 0 saturated carbocycles. The maximum Gasteiger partial charge on any atom is 0.300 e. The van der Waals surface area contributed by atoms with Crippen molar-refractivity contribution in [1.29, 1.82) is 0 Å². The van der Waals surface area contributed by atoms with E-state index in [1.165, 1.54) is 23.0 Å². The molecule has 1 aromatic carbocycles. The molecule has 2 heterocycles. The summed E-state index contributed by atoms with van der Waals surface area (Å²) >= 11 is 1.29. The predicted octanol–water partition coefficient (Wildman–Crippen LogP) is 2.98. The van der Waals surface area contributed by atoms with Gasteiger partial charge in [0.15, 0.2) is 0 Å². The Bertz CT molecular complexity index is 566. The van der Waals surface area contributed by atoms with Crippen LogP contribution in [-0.4, -0.2) is 22.2 Å². The molecule has 100 valence electrons. The lowest BCUT2D eigenvalue weighted by Gasteiger charge is -2.29. The molecule has 19 heavy (non-hydrogen) atoms. The number of hydrazone groups is 1. The van der Waals surface area contributed by atoms with Crippen molar-refractivity contribution < 1.29 is 4.79 Å². The Labute approximate surface area is 117 Å². The number of carbonyl (C=O) groups is 1. The van der Waals surface area contributed by atoms with Gasteiger partial charge >= 0.3 is 0 Å². The van der Waals surface area contributed by atoms with Crippen LogP contribution in [0.1, 0.15) is 31.4 Å². The molecule has 0 atom stereocenters. The molecule has 3 rings (SSSR count). The minimum absolute atomic E-state index is 0.0895.